The van der Waals surface area contributed by atoms with Crippen LogP contribution in [0.25, 0.3) is 0 Å². The standard InChI is InChI=1S/C10H18OSi/c1-6-7-8-9-10(2)11-12(3,4)5/h6-9H,2H2,1,3-5H3/b7-6+,9-8+. The zero-order chi connectivity index (χ0) is 9.61. The van der Waals surface area contributed by atoms with Gasteiger partial charge >= 0.3 is 0 Å². The molecule has 0 aromatic carbocycles. The molecule has 0 saturated carbocycles. The Morgan fingerprint density at radius 2 is 1.83 bits per heavy atom. The van der Waals surface area contributed by atoms with Crippen molar-refractivity contribution in [1.82, 2.24) is 0 Å². The summed E-state index contributed by atoms with van der Waals surface area (Å²) in [7, 11) is -1.46. The van der Waals surface area contributed by atoms with Gasteiger partial charge in [0.1, 0.15) is 0 Å². The Labute approximate surface area is 76.6 Å². The Bertz CT molecular complexity index is 196. The van der Waals surface area contributed by atoms with Crippen LogP contribution in [0.15, 0.2) is 36.6 Å². The van der Waals surface area contributed by atoms with Gasteiger partial charge in [0.15, 0.2) is 0 Å². The minimum atomic E-state index is -1.46. The smallest absolute Gasteiger partial charge is 0.242 e. The Morgan fingerprint density at radius 1 is 1.25 bits per heavy atom. The van der Waals surface area contributed by atoms with Crippen LogP contribution in [0.2, 0.25) is 19.6 Å². The monoisotopic (exact) mass is 182 g/mol. The fourth-order valence-corrected chi connectivity index (χ4v) is 1.56. The number of hydrogen-bond acceptors (Lipinski definition) is 1. The van der Waals surface area contributed by atoms with Crippen LogP contribution in [-0.2, 0) is 4.43 Å². The van der Waals surface area contributed by atoms with Crippen molar-refractivity contribution in [2.75, 3.05) is 0 Å². The molecule has 0 aliphatic carbocycles. The quantitative estimate of drug-likeness (QED) is 0.367. The Morgan fingerprint density at radius 3 is 2.25 bits per heavy atom. The summed E-state index contributed by atoms with van der Waals surface area (Å²) in [6.07, 6.45) is 7.75. The number of rotatable bonds is 4. The van der Waals surface area contributed by atoms with Crippen molar-refractivity contribution in [3.05, 3.63) is 36.6 Å². The van der Waals surface area contributed by atoms with Crippen LogP contribution in [0.3, 0.4) is 0 Å². The summed E-state index contributed by atoms with van der Waals surface area (Å²) in [4.78, 5) is 0. The van der Waals surface area contributed by atoms with Crippen molar-refractivity contribution >= 4 is 8.32 Å². The Kier molecular flexibility index (Phi) is 4.67. The highest BCUT2D eigenvalue weighted by molar-refractivity contribution is 6.70. The molecule has 0 heterocycles. The van der Waals surface area contributed by atoms with Crippen LogP contribution in [-0.4, -0.2) is 8.32 Å². The highest BCUT2D eigenvalue weighted by atomic mass is 28.4. The van der Waals surface area contributed by atoms with E-state index in [4.69, 9.17) is 4.43 Å². The third-order valence-electron chi connectivity index (χ3n) is 1.02. The second-order valence-corrected chi connectivity index (χ2v) is 7.99. The van der Waals surface area contributed by atoms with E-state index in [2.05, 4.69) is 26.2 Å². The second-order valence-electron chi connectivity index (χ2n) is 3.57. The van der Waals surface area contributed by atoms with Gasteiger partial charge in [-0.05, 0) is 32.6 Å². The van der Waals surface area contributed by atoms with Crippen LogP contribution < -0.4 is 0 Å². The molecule has 68 valence electrons. The molecule has 0 rings (SSSR count). The molecule has 0 unspecified atom stereocenters. The van der Waals surface area contributed by atoms with Crippen molar-refractivity contribution in [2.45, 2.75) is 26.6 Å². The Balaban J connectivity index is 3.91. The lowest BCUT2D eigenvalue weighted by Crippen LogP contribution is -2.23. The lowest BCUT2D eigenvalue weighted by molar-refractivity contribution is 0.444. The van der Waals surface area contributed by atoms with Gasteiger partial charge in [-0.2, -0.15) is 0 Å². The van der Waals surface area contributed by atoms with E-state index in [1.807, 2.05) is 31.2 Å². The maximum Gasteiger partial charge on any atom is 0.242 e. The fourth-order valence-electron chi connectivity index (χ4n) is 0.701. The first kappa shape index (κ1) is 11.2. The molecule has 12 heavy (non-hydrogen) atoms. The Hall–Kier alpha value is -0.763. The van der Waals surface area contributed by atoms with E-state index in [0.29, 0.717) is 0 Å². The van der Waals surface area contributed by atoms with Gasteiger partial charge in [0.05, 0.1) is 5.76 Å². The van der Waals surface area contributed by atoms with E-state index in [0.717, 1.165) is 5.76 Å². The largest absolute Gasteiger partial charge is 0.545 e. The highest BCUT2D eigenvalue weighted by Crippen LogP contribution is 2.09. The predicted octanol–water partition coefficient (Wildman–Crippen LogP) is 3.48. The summed E-state index contributed by atoms with van der Waals surface area (Å²) < 4.78 is 5.61. The number of allylic oxidation sites excluding steroid dienone is 4. The fraction of sp³-hybridized carbons (Fsp3) is 0.400. The van der Waals surface area contributed by atoms with E-state index in [1.54, 1.807) is 0 Å². The van der Waals surface area contributed by atoms with E-state index < -0.39 is 8.32 Å². The van der Waals surface area contributed by atoms with E-state index in [9.17, 15) is 0 Å². The SMILES string of the molecule is C=C(/C=C/C=C/C)O[Si](C)(C)C. The lowest BCUT2D eigenvalue weighted by atomic mass is 10.4. The van der Waals surface area contributed by atoms with Gasteiger partial charge < -0.3 is 4.43 Å². The topological polar surface area (TPSA) is 9.23 Å². The summed E-state index contributed by atoms with van der Waals surface area (Å²) in [5.41, 5.74) is 0. The summed E-state index contributed by atoms with van der Waals surface area (Å²) in [6.45, 7) is 12.2. The molecule has 0 amide bonds. The molecule has 0 atom stereocenters. The zero-order valence-electron chi connectivity index (χ0n) is 8.42. The van der Waals surface area contributed by atoms with Crippen LogP contribution in [0.5, 0.6) is 0 Å². The molecule has 0 N–H and O–H groups in total. The molecule has 0 fully saturated rings. The molecule has 0 aromatic rings. The third-order valence-corrected chi connectivity index (χ3v) is 1.90. The minimum Gasteiger partial charge on any atom is -0.545 e. The first-order valence-electron chi connectivity index (χ1n) is 4.13. The van der Waals surface area contributed by atoms with E-state index >= 15 is 0 Å². The van der Waals surface area contributed by atoms with Crippen LogP contribution in [0, 0.1) is 0 Å². The molecule has 0 bridgehead atoms. The van der Waals surface area contributed by atoms with Crippen LogP contribution >= 0.6 is 0 Å². The van der Waals surface area contributed by atoms with Crippen molar-refractivity contribution in [3.63, 3.8) is 0 Å². The molecular formula is C10H18OSi. The molecule has 0 spiro atoms. The van der Waals surface area contributed by atoms with Crippen molar-refractivity contribution < 1.29 is 4.43 Å². The average Bonchev–Trinajstić information content (AvgIpc) is 1.84. The lowest BCUT2D eigenvalue weighted by Gasteiger charge is -2.18. The zero-order valence-corrected chi connectivity index (χ0v) is 9.42. The highest BCUT2D eigenvalue weighted by Gasteiger charge is 2.15. The number of hydrogen-bond donors (Lipinski definition) is 0. The predicted molar refractivity (Wildman–Crippen MR) is 57.5 cm³/mol. The van der Waals surface area contributed by atoms with Gasteiger partial charge in [0.2, 0.25) is 8.32 Å². The summed E-state index contributed by atoms with van der Waals surface area (Å²) in [6, 6.07) is 0. The van der Waals surface area contributed by atoms with Gasteiger partial charge in [0, 0.05) is 0 Å². The molecule has 0 aromatic heterocycles. The maximum absolute atomic E-state index is 5.61. The second kappa shape index (κ2) is 4.98. The summed E-state index contributed by atoms with van der Waals surface area (Å²) in [5.74, 6) is 0.757. The molecular weight excluding hydrogens is 164 g/mol. The van der Waals surface area contributed by atoms with Crippen molar-refractivity contribution in [3.8, 4) is 0 Å². The molecule has 0 saturated heterocycles. The van der Waals surface area contributed by atoms with E-state index in [1.165, 1.54) is 0 Å². The molecule has 0 aliphatic rings. The van der Waals surface area contributed by atoms with Gasteiger partial charge in [-0.15, -0.1) is 0 Å². The van der Waals surface area contributed by atoms with Gasteiger partial charge in [-0.25, -0.2) is 0 Å². The molecule has 0 aliphatic heterocycles. The minimum absolute atomic E-state index is 0.757. The summed E-state index contributed by atoms with van der Waals surface area (Å²) >= 11 is 0. The maximum atomic E-state index is 5.61. The van der Waals surface area contributed by atoms with Gasteiger partial charge in [0.25, 0.3) is 0 Å². The van der Waals surface area contributed by atoms with E-state index in [-0.39, 0.29) is 0 Å². The third kappa shape index (κ3) is 7.35. The normalized spacial score (nSPS) is 12.7. The first-order chi connectivity index (χ1) is 5.45. The molecule has 2 heteroatoms. The van der Waals surface area contributed by atoms with Gasteiger partial charge in [-0.1, -0.05) is 24.8 Å². The van der Waals surface area contributed by atoms with Crippen LogP contribution in [0.4, 0.5) is 0 Å². The van der Waals surface area contributed by atoms with Crippen molar-refractivity contribution in [2.24, 2.45) is 0 Å². The first-order valence-corrected chi connectivity index (χ1v) is 7.54. The summed E-state index contributed by atoms with van der Waals surface area (Å²) in [5, 5.41) is 0. The van der Waals surface area contributed by atoms with Crippen LogP contribution in [0.1, 0.15) is 6.92 Å². The average molecular weight is 182 g/mol. The molecule has 0 radical (unpaired) electrons. The molecule has 1 nitrogen and oxygen atoms in total. The van der Waals surface area contributed by atoms with Gasteiger partial charge in [-0.3, -0.25) is 0 Å². The van der Waals surface area contributed by atoms with Crippen molar-refractivity contribution in [1.29, 1.82) is 0 Å².